The van der Waals surface area contributed by atoms with E-state index in [0.717, 1.165) is 35.6 Å². The second kappa shape index (κ2) is 5.61. The number of rotatable bonds is 4. The van der Waals surface area contributed by atoms with Crippen LogP contribution >= 0.6 is 0 Å². The molecular weight excluding hydrogens is 278 g/mol. The Hall–Kier alpha value is -2.66. The molecule has 0 spiro atoms. The van der Waals surface area contributed by atoms with Gasteiger partial charge in [0.05, 0.1) is 11.0 Å². The van der Waals surface area contributed by atoms with E-state index in [-0.39, 0.29) is 0 Å². The fourth-order valence-electron chi connectivity index (χ4n) is 2.52. The topological polar surface area (TPSA) is 56.3 Å². The molecule has 5 nitrogen and oxygen atoms in total. The Balaban J connectivity index is 1.41. The molecule has 1 aromatic heterocycles. The number of benzene rings is 2. The van der Waals surface area contributed by atoms with Crippen LogP contribution in [0.2, 0.25) is 0 Å². The van der Waals surface area contributed by atoms with E-state index in [2.05, 4.69) is 27.4 Å². The van der Waals surface area contributed by atoms with Crippen molar-refractivity contribution in [3.63, 3.8) is 0 Å². The molecule has 4 rings (SSSR count). The average molecular weight is 293 g/mol. The SMILES string of the molecule is c1cnc2cc(CNCc3ccc4c(c3)OCO4)ccc2n1. The van der Waals surface area contributed by atoms with E-state index in [0.29, 0.717) is 6.79 Å². The van der Waals surface area contributed by atoms with Crippen molar-refractivity contribution in [2.75, 3.05) is 6.79 Å². The van der Waals surface area contributed by atoms with Crippen LogP contribution in [0.4, 0.5) is 0 Å². The van der Waals surface area contributed by atoms with Crippen LogP contribution in [0.5, 0.6) is 11.5 Å². The zero-order chi connectivity index (χ0) is 14.8. The molecule has 1 N–H and O–H groups in total. The fourth-order valence-corrected chi connectivity index (χ4v) is 2.52. The molecule has 0 saturated heterocycles. The zero-order valence-electron chi connectivity index (χ0n) is 12.0. The summed E-state index contributed by atoms with van der Waals surface area (Å²) in [6, 6.07) is 12.1. The average Bonchev–Trinajstić information content (AvgIpc) is 3.02. The summed E-state index contributed by atoms with van der Waals surface area (Å²) >= 11 is 0. The van der Waals surface area contributed by atoms with Gasteiger partial charge >= 0.3 is 0 Å². The lowest BCUT2D eigenvalue weighted by Gasteiger charge is -2.07. The molecule has 2 heterocycles. The van der Waals surface area contributed by atoms with Gasteiger partial charge in [-0.1, -0.05) is 12.1 Å². The van der Waals surface area contributed by atoms with E-state index >= 15 is 0 Å². The van der Waals surface area contributed by atoms with Gasteiger partial charge in [-0.2, -0.15) is 0 Å². The number of hydrogen-bond acceptors (Lipinski definition) is 5. The lowest BCUT2D eigenvalue weighted by atomic mass is 10.1. The maximum absolute atomic E-state index is 5.39. The molecule has 1 aliphatic heterocycles. The van der Waals surface area contributed by atoms with E-state index in [1.807, 2.05) is 24.3 Å². The Morgan fingerprint density at radius 3 is 2.45 bits per heavy atom. The Morgan fingerprint density at radius 2 is 1.55 bits per heavy atom. The summed E-state index contributed by atoms with van der Waals surface area (Å²) in [5, 5.41) is 3.43. The van der Waals surface area contributed by atoms with Crippen LogP contribution in [-0.4, -0.2) is 16.8 Å². The minimum absolute atomic E-state index is 0.310. The number of ether oxygens (including phenoxy) is 2. The van der Waals surface area contributed by atoms with Crippen molar-refractivity contribution in [2.45, 2.75) is 13.1 Å². The maximum atomic E-state index is 5.39. The van der Waals surface area contributed by atoms with E-state index in [4.69, 9.17) is 9.47 Å². The summed E-state index contributed by atoms with van der Waals surface area (Å²) < 4.78 is 10.7. The lowest BCUT2D eigenvalue weighted by Crippen LogP contribution is -2.12. The molecule has 0 atom stereocenters. The van der Waals surface area contributed by atoms with Crippen LogP contribution in [0.3, 0.4) is 0 Å². The van der Waals surface area contributed by atoms with Crippen LogP contribution in [0, 0.1) is 0 Å². The second-order valence-electron chi connectivity index (χ2n) is 5.17. The molecular formula is C17H15N3O2. The largest absolute Gasteiger partial charge is 0.454 e. The van der Waals surface area contributed by atoms with Gasteiger partial charge in [-0.25, -0.2) is 0 Å². The number of nitrogens with one attached hydrogen (secondary N) is 1. The number of fused-ring (bicyclic) bond motifs is 2. The van der Waals surface area contributed by atoms with Crippen molar-refractivity contribution < 1.29 is 9.47 Å². The Kier molecular flexibility index (Phi) is 3.33. The summed E-state index contributed by atoms with van der Waals surface area (Å²) in [6.07, 6.45) is 3.42. The first kappa shape index (κ1) is 13.0. The van der Waals surface area contributed by atoms with Crippen LogP contribution in [0.1, 0.15) is 11.1 Å². The first-order valence-electron chi connectivity index (χ1n) is 7.17. The highest BCUT2D eigenvalue weighted by Gasteiger charge is 2.12. The highest BCUT2D eigenvalue weighted by Crippen LogP contribution is 2.32. The van der Waals surface area contributed by atoms with Gasteiger partial charge in [0, 0.05) is 25.5 Å². The van der Waals surface area contributed by atoms with Crippen LogP contribution in [0.15, 0.2) is 48.8 Å². The fraction of sp³-hybridized carbons (Fsp3) is 0.176. The van der Waals surface area contributed by atoms with Crippen molar-refractivity contribution in [3.05, 3.63) is 59.9 Å². The molecule has 0 unspecified atom stereocenters. The molecule has 0 radical (unpaired) electrons. The van der Waals surface area contributed by atoms with Crippen LogP contribution in [-0.2, 0) is 13.1 Å². The van der Waals surface area contributed by atoms with E-state index < -0.39 is 0 Å². The van der Waals surface area contributed by atoms with Crippen molar-refractivity contribution in [1.29, 1.82) is 0 Å². The van der Waals surface area contributed by atoms with E-state index in [1.165, 1.54) is 11.1 Å². The summed E-state index contributed by atoms with van der Waals surface area (Å²) in [5.74, 6) is 1.64. The van der Waals surface area contributed by atoms with Crippen molar-refractivity contribution in [3.8, 4) is 11.5 Å². The smallest absolute Gasteiger partial charge is 0.231 e. The van der Waals surface area contributed by atoms with Gasteiger partial charge < -0.3 is 14.8 Å². The van der Waals surface area contributed by atoms with Crippen molar-refractivity contribution in [1.82, 2.24) is 15.3 Å². The molecule has 22 heavy (non-hydrogen) atoms. The Labute approximate surface area is 127 Å². The molecule has 110 valence electrons. The third-order valence-electron chi connectivity index (χ3n) is 3.63. The monoisotopic (exact) mass is 293 g/mol. The van der Waals surface area contributed by atoms with E-state index in [9.17, 15) is 0 Å². The second-order valence-corrected chi connectivity index (χ2v) is 5.17. The Morgan fingerprint density at radius 1 is 0.818 bits per heavy atom. The highest BCUT2D eigenvalue weighted by atomic mass is 16.7. The van der Waals surface area contributed by atoms with Gasteiger partial charge in [-0.3, -0.25) is 9.97 Å². The van der Waals surface area contributed by atoms with Gasteiger partial charge in [0.15, 0.2) is 11.5 Å². The molecule has 2 aromatic carbocycles. The highest BCUT2D eigenvalue weighted by molar-refractivity contribution is 5.74. The number of aromatic nitrogens is 2. The predicted octanol–water partition coefficient (Wildman–Crippen LogP) is 2.65. The van der Waals surface area contributed by atoms with Gasteiger partial charge in [-0.15, -0.1) is 0 Å². The van der Waals surface area contributed by atoms with Crippen LogP contribution in [0.25, 0.3) is 11.0 Å². The molecule has 0 aliphatic carbocycles. The summed E-state index contributed by atoms with van der Waals surface area (Å²) in [5.41, 5.74) is 4.20. The van der Waals surface area contributed by atoms with Gasteiger partial charge in [0.1, 0.15) is 0 Å². The lowest BCUT2D eigenvalue weighted by molar-refractivity contribution is 0.174. The molecule has 5 heteroatoms. The molecule has 0 amide bonds. The first-order valence-corrected chi connectivity index (χ1v) is 7.17. The van der Waals surface area contributed by atoms with Gasteiger partial charge in [0.25, 0.3) is 0 Å². The summed E-state index contributed by atoms with van der Waals surface area (Å²) in [7, 11) is 0. The normalized spacial score (nSPS) is 12.7. The maximum Gasteiger partial charge on any atom is 0.231 e. The zero-order valence-corrected chi connectivity index (χ0v) is 12.0. The summed E-state index contributed by atoms with van der Waals surface area (Å²) in [4.78, 5) is 8.60. The predicted molar refractivity (Wildman–Crippen MR) is 82.6 cm³/mol. The van der Waals surface area contributed by atoms with Crippen LogP contribution < -0.4 is 14.8 Å². The minimum Gasteiger partial charge on any atom is -0.454 e. The molecule has 3 aromatic rings. The third kappa shape index (κ3) is 2.58. The molecule has 0 saturated carbocycles. The van der Waals surface area contributed by atoms with Gasteiger partial charge in [0.2, 0.25) is 6.79 Å². The molecule has 1 aliphatic rings. The number of hydrogen-bond donors (Lipinski definition) is 1. The van der Waals surface area contributed by atoms with Crippen molar-refractivity contribution in [2.24, 2.45) is 0 Å². The third-order valence-corrected chi connectivity index (χ3v) is 3.63. The quantitative estimate of drug-likeness (QED) is 0.801. The summed E-state index contributed by atoms with van der Waals surface area (Å²) in [6.45, 7) is 1.86. The molecule has 0 fully saturated rings. The van der Waals surface area contributed by atoms with E-state index in [1.54, 1.807) is 12.4 Å². The molecule has 0 bridgehead atoms. The minimum atomic E-state index is 0.310. The van der Waals surface area contributed by atoms with Crippen molar-refractivity contribution >= 4 is 11.0 Å². The Bertz CT molecular complexity index is 820. The standard InChI is InChI=1S/C17H15N3O2/c1-3-14-15(20-6-5-19-14)7-12(1)9-18-10-13-2-4-16-17(8-13)22-11-21-16/h1-8,18H,9-11H2. The van der Waals surface area contributed by atoms with Gasteiger partial charge in [-0.05, 0) is 35.4 Å². The number of nitrogens with zero attached hydrogens (tertiary/aromatic N) is 2. The first-order chi connectivity index (χ1) is 10.9.